The van der Waals surface area contributed by atoms with Crippen molar-refractivity contribution in [2.24, 2.45) is 0 Å². The van der Waals surface area contributed by atoms with E-state index in [1.165, 1.54) is 32.4 Å². The molecular formula is C9H17N2+. The largest absolute Gasteiger partial charge is 0.312 e. The van der Waals surface area contributed by atoms with Gasteiger partial charge >= 0.3 is 0 Å². The number of quaternary nitrogens is 1. The minimum atomic E-state index is 0.719. The molecule has 1 rings (SSSR count). The highest BCUT2D eigenvalue weighted by atomic mass is 15.3. The van der Waals surface area contributed by atoms with Crippen LogP contribution in [0.2, 0.25) is 0 Å². The Morgan fingerprint density at radius 2 is 1.91 bits per heavy atom. The van der Waals surface area contributed by atoms with E-state index in [1.807, 2.05) is 0 Å². The quantitative estimate of drug-likeness (QED) is 0.436. The standard InChI is InChI=1S/C9H17N2/c1-2-11(9-6-10)7-4-3-5-8-11/h2-5,7-9H2,1H3/q+1. The van der Waals surface area contributed by atoms with Crippen molar-refractivity contribution in [1.29, 1.82) is 5.26 Å². The molecule has 0 aromatic heterocycles. The number of piperidine rings is 1. The first-order chi connectivity index (χ1) is 5.33. The van der Waals surface area contributed by atoms with E-state index in [9.17, 15) is 0 Å². The Labute approximate surface area is 69.0 Å². The Bertz CT molecular complexity index is 151. The van der Waals surface area contributed by atoms with Gasteiger partial charge in [-0.25, -0.2) is 0 Å². The fourth-order valence-corrected chi connectivity index (χ4v) is 1.92. The SMILES string of the molecule is CC[N+]1(CC#N)CCCCC1. The van der Waals surface area contributed by atoms with Gasteiger partial charge in [0.05, 0.1) is 19.6 Å². The first-order valence-corrected chi connectivity index (χ1v) is 4.55. The third-order valence-corrected chi connectivity index (χ3v) is 2.84. The van der Waals surface area contributed by atoms with Crippen molar-refractivity contribution in [1.82, 2.24) is 0 Å². The number of nitriles is 1. The molecule has 0 radical (unpaired) electrons. The minimum absolute atomic E-state index is 0.719. The van der Waals surface area contributed by atoms with E-state index in [0.29, 0.717) is 0 Å². The highest BCUT2D eigenvalue weighted by Crippen LogP contribution is 2.17. The molecule has 1 saturated heterocycles. The summed E-state index contributed by atoms with van der Waals surface area (Å²) < 4.78 is 1.05. The van der Waals surface area contributed by atoms with Crippen LogP contribution in [0.4, 0.5) is 0 Å². The van der Waals surface area contributed by atoms with E-state index < -0.39 is 0 Å². The number of likely N-dealkylation sites (tertiary alicyclic amines) is 1. The third-order valence-electron chi connectivity index (χ3n) is 2.84. The van der Waals surface area contributed by atoms with E-state index in [1.54, 1.807) is 0 Å². The van der Waals surface area contributed by atoms with Crippen LogP contribution >= 0.6 is 0 Å². The lowest BCUT2D eigenvalue weighted by Crippen LogP contribution is -2.51. The van der Waals surface area contributed by atoms with Crippen LogP contribution < -0.4 is 0 Å². The van der Waals surface area contributed by atoms with Crippen LogP contribution in [0.1, 0.15) is 26.2 Å². The fourth-order valence-electron chi connectivity index (χ4n) is 1.92. The molecular weight excluding hydrogens is 136 g/mol. The zero-order valence-electron chi connectivity index (χ0n) is 7.34. The number of nitrogens with zero attached hydrogens (tertiary/aromatic N) is 2. The average Bonchev–Trinajstić information content (AvgIpc) is 2.07. The molecule has 0 unspecified atom stereocenters. The predicted molar refractivity (Wildman–Crippen MR) is 44.9 cm³/mol. The Hall–Kier alpha value is -0.550. The lowest BCUT2D eigenvalue weighted by Gasteiger charge is -2.38. The van der Waals surface area contributed by atoms with Gasteiger partial charge in [0.2, 0.25) is 0 Å². The molecule has 1 aliphatic rings. The zero-order chi connectivity index (χ0) is 8.16. The first-order valence-electron chi connectivity index (χ1n) is 4.55. The molecule has 0 saturated carbocycles. The molecule has 0 N–H and O–H groups in total. The normalized spacial score (nSPS) is 22.5. The first kappa shape index (κ1) is 8.55. The predicted octanol–water partition coefficient (Wildman–Crippen LogP) is 1.53. The second-order valence-electron chi connectivity index (χ2n) is 3.48. The van der Waals surface area contributed by atoms with Crippen molar-refractivity contribution in [2.75, 3.05) is 26.2 Å². The van der Waals surface area contributed by atoms with Gasteiger partial charge in [0.15, 0.2) is 6.54 Å². The van der Waals surface area contributed by atoms with Crippen molar-refractivity contribution in [3.05, 3.63) is 0 Å². The molecule has 1 heterocycles. The number of hydrogen-bond acceptors (Lipinski definition) is 1. The van der Waals surface area contributed by atoms with Gasteiger partial charge in [-0.1, -0.05) is 0 Å². The Morgan fingerprint density at radius 1 is 1.27 bits per heavy atom. The number of hydrogen-bond donors (Lipinski definition) is 0. The monoisotopic (exact) mass is 153 g/mol. The summed E-state index contributed by atoms with van der Waals surface area (Å²) in [6.45, 7) is 6.50. The molecule has 0 atom stereocenters. The molecule has 0 aliphatic carbocycles. The van der Waals surface area contributed by atoms with Crippen LogP contribution in [-0.2, 0) is 0 Å². The van der Waals surface area contributed by atoms with Crippen LogP contribution in [-0.4, -0.2) is 30.7 Å². The van der Waals surface area contributed by atoms with Gasteiger partial charge in [0, 0.05) is 0 Å². The Kier molecular flexibility index (Phi) is 2.90. The summed E-state index contributed by atoms with van der Waals surface area (Å²) in [7, 11) is 0. The van der Waals surface area contributed by atoms with Gasteiger partial charge in [0.25, 0.3) is 0 Å². The number of rotatable bonds is 2. The van der Waals surface area contributed by atoms with E-state index in [2.05, 4.69) is 13.0 Å². The maximum absolute atomic E-state index is 8.65. The summed E-state index contributed by atoms with van der Waals surface area (Å²) in [6.07, 6.45) is 4.00. The molecule has 1 aliphatic heterocycles. The zero-order valence-corrected chi connectivity index (χ0v) is 7.34. The molecule has 2 heteroatoms. The summed E-state index contributed by atoms with van der Waals surface area (Å²) in [5, 5.41) is 8.65. The van der Waals surface area contributed by atoms with Gasteiger partial charge in [-0.05, 0) is 26.2 Å². The molecule has 62 valence electrons. The second kappa shape index (κ2) is 3.73. The van der Waals surface area contributed by atoms with Crippen molar-refractivity contribution < 1.29 is 4.48 Å². The van der Waals surface area contributed by atoms with Crippen LogP contribution in [0.15, 0.2) is 0 Å². The van der Waals surface area contributed by atoms with Crippen LogP contribution in [0.3, 0.4) is 0 Å². The maximum atomic E-state index is 8.65. The van der Waals surface area contributed by atoms with Crippen LogP contribution in [0.5, 0.6) is 0 Å². The van der Waals surface area contributed by atoms with Gasteiger partial charge in [-0.15, -0.1) is 0 Å². The second-order valence-corrected chi connectivity index (χ2v) is 3.48. The molecule has 11 heavy (non-hydrogen) atoms. The van der Waals surface area contributed by atoms with Gasteiger partial charge in [-0.2, -0.15) is 5.26 Å². The smallest absolute Gasteiger partial charge is 0.166 e. The van der Waals surface area contributed by atoms with Gasteiger partial charge < -0.3 is 4.48 Å². The van der Waals surface area contributed by atoms with Crippen LogP contribution in [0, 0.1) is 11.3 Å². The highest BCUT2D eigenvalue weighted by molar-refractivity contribution is 4.70. The average molecular weight is 153 g/mol. The van der Waals surface area contributed by atoms with Crippen molar-refractivity contribution in [2.45, 2.75) is 26.2 Å². The lowest BCUT2D eigenvalue weighted by atomic mass is 10.1. The van der Waals surface area contributed by atoms with Crippen molar-refractivity contribution in [3.63, 3.8) is 0 Å². The van der Waals surface area contributed by atoms with Crippen molar-refractivity contribution >= 4 is 0 Å². The summed E-state index contributed by atoms with van der Waals surface area (Å²) in [5.74, 6) is 0. The molecule has 0 aromatic carbocycles. The summed E-state index contributed by atoms with van der Waals surface area (Å²) in [5.41, 5.74) is 0. The summed E-state index contributed by atoms with van der Waals surface area (Å²) in [6, 6.07) is 2.30. The molecule has 0 amide bonds. The highest BCUT2D eigenvalue weighted by Gasteiger charge is 2.26. The lowest BCUT2D eigenvalue weighted by molar-refractivity contribution is -0.924. The van der Waals surface area contributed by atoms with E-state index in [4.69, 9.17) is 5.26 Å². The van der Waals surface area contributed by atoms with Gasteiger partial charge in [-0.3, -0.25) is 0 Å². The van der Waals surface area contributed by atoms with E-state index in [-0.39, 0.29) is 0 Å². The summed E-state index contributed by atoms with van der Waals surface area (Å²) in [4.78, 5) is 0. The molecule has 1 fully saturated rings. The third kappa shape index (κ3) is 1.94. The molecule has 0 aromatic rings. The molecule has 0 bridgehead atoms. The van der Waals surface area contributed by atoms with E-state index in [0.717, 1.165) is 17.6 Å². The molecule has 2 nitrogen and oxygen atoms in total. The fraction of sp³-hybridized carbons (Fsp3) is 0.889. The Balaban J connectivity index is 2.51. The topological polar surface area (TPSA) is 23.8 Å². The minimum Gasteiger partial charge on any atom is -0.312 e. The molecule has 0 spiro atoms. The van der Waals surface area contributed by atoms with Gasteiger partial charge in [0.1, 0.15) is 6.07 Å². The summed E-state index contributed by atoms with van der Waals surface area (Å²) >= 11 is 0. The van der Waals surface area contributed by atoms with Crippen molar-refractivity contribution in [3.8, 4) is 6.07 Å². The Morgan fingerprint density at radius 3 is 2.36 bits per heavy atom. The van der Waals surface area contributed by atoms with Crippen LogP contribution in [0.25, 0.3) is 0 Å². The maximum Gasteiger partial charge on any atom is 0.166 e. The van der Waals surface area contributed by atoms with E-state index >= 15 is 0 Å².